The van der Waals surface area contributed by atoms with E-state index in [0.717, 1.165) is 0 Å². The maximum atomic E-state index is 9.87. The van der Waals surface area contributed by atoms with Gasteiger partial charge in [-0.3, -0.25) is 0 Å². The van der Waals surface area contributed by atoms with Crippen molar-refractivity contribution in [2.75, 3.05) is 13.6 Å². The molecule has 0 aromatic heterocycles. The first-order chi connectivity index (χ1) is 7.28. The Hall–Kier alpha value is -0.620. The Morgan fingerprint density at radius 1 is 1.12 bits per heavy atom. The summed E-state index contributed by atoms with van der Waals surface area (Å²) in [6.45, 7) is 3.46. The van der Waals surface area contributed by atoms with Crippen molar-refractivity contribution in [2.45, 2.75) is 19.8 Å². The molecule has 0 aliphatic carbocycles. The molecule has 104 valence electrons. The Balaban J connectivity index is 0.000000325. The maximum absolute atomic E-state index is 10.7. The topological polar surface area (TPSA) is 7.45 Å². The standard InChI is InChI=1S/C8H15N2.F6P/c1-3-4-5-10-7-6-9(2)8-10;1-7(2,3,4,5)6/h6-8H,3-5H2,1-2H3;/q+1;-1/p+1. The number of nitrogens with one attached hydrogen (secondary N) is 1. The summed E-state index contributed by atoms with van der Waals surface area (Å²) < 4.78 is 61.3. The number of unbranched alkanes of at least 4 members (excludes halogenated alkanes) is 1. The number of quaternary nitrogens is 1. The third kappa shape index (κ3) is 18.0. The van der Waals surface area contributed by atoms with Crippen LogP contribution in [0.4, 0.5) is 25.2 Å². The van der Waals surface area contributed by atoms with Crippen LogP contribution in [0.2, 0.25) is 0 Å². The van der Waals surface area contributed by atoms with Gasteiger partial charge in [-0.15, -0.1) is 0 Å². The molecular weight excluding hydrogens is 269 g/mol. The minimum atomic E-state index is -10.7. The number of hydrogen-bond acceptors (Lipinski definition) is 0. The molecule has 0 saturated heterocycles. The van der Waals surface area contributed by atoms with Crippen LogP contribution < -0.4 is 4.90 Å². The quantitative estimate of drug-likeness (QED) is 0.462. The fourth-order valence-electron chi connectivity index (χ4n) is 1.09. The van der Waals surface area contributed by atoms with E-state index in [-0.39, 0.29) is 0 Å². The average Bonchev–Trinajstić information content (AvgIpc) is 2.42. The average molecular weight is 285 g/mol. The van der Waals surface area contributed by atoms with Gasteiger partial charge in [0.15, 0.2) is 6.20 Å². The first kappa shape index (κ1) is 16.4. The van der Waals surface area contributed by atoms with Crippen LogP contribution in [-0.4, -0.2) is 24.5 Å². The molecule has 1 atom stereocenters. The van der Waals surface area contributed by atoms with Gasteiger partial charge < -0.3 is 0 Å². The Labute approximate surface area is 95.5 Å². The third-order valence-corrected chi connectivity index (χ3v) is 1.71. The van der Waals surface area contributed by atoms with Crippen molar-refractivity contribution in [1.29, 1.82) is 0 Å². The molecule has 9 heteroatoms. The number of hydrogen-bond donors (Lipinski definition) is 1. The Morgan fingerprint density at radius 3 is 1.88 bits per heavy atom. The molecule has 0 aromatic rings. The van der Waals surface area contributed by atoms with Crippen molar-refractivity contribution in [3.8, 4) is 0 Å². The second-order valence-electron chi connectivity index (χ2n) is 3.75. The van der Waals surface area contributed by atoms with Crippen molar-refractivity contribution in [1.82, 2.24) is 0 Å². The summed E-state index contributed by atoms with van der Waals surface area (Å²) in [5, 5.41) is 0. The summed E-state index contributed by atoms with van der Waals surface area (Å²) >= 11 is 0. The molecule has 1 aliphatic rings. The molecule has 1 unspecified atom stereocenters. The van der Waals surface area contributed by atoms with E-state index in [1.54, 1.807) is 0 Å². The van der Waals surface area contributed by atoms with Gasteiger partial charge in [0.25, 0.3) is 0 Å². The molecule has 1 aliphatic heterocycles. The van der Waals surface area contributed by atoms with Crippen LogP contribution in [0.25, 0.3) is 0 Å². The fraction of sp³-hybridized carbons (Fsp3) is 0.625. The minimum absolute atomic E-state index is 1.23. The van der Waals surface area contributed by atoms with Crippen LogP contribution in [0, 0.1) is 0 Å². The summed E-state index contributed by atoms with van der Waals surface area (Å²) in [5.41, 5.74) is 0. The van der Waals surface area contributed by atoms with E-state index in [1.807, 2.05) is 0 Å². The van der Waals surface area contributed by atoms with Gasteiger partial charge in [-0.1, -0.05) is 13.3 Å². The van der Waals surface area contributed by atoms with E-state index in [1.165, 1.54) is 24.3 Å². The first-order valence-electron chi connectivity index (χ1n) is 4.95. The van der Waals surface area contributed by atoms with Crippen molar-refractivity contribution >= 4 is 14.1 Å². The van der Waals surface area contributed by atoms with Crippen LogP contribution >= 0.6 is 7.81 Å². The van der Waals surface area contributed by atoms with E-state index in [4.69, 9.17) is 0 Å². The van der Waals surface area contributed by atoms with Crippen LogP contribution in [0.3, 0.4) is 0 Å². The van der Waals surface area contributed by atoms with Gasteiger partial charge in [0.05, 0.1) is 6.54 Å². The van der Waals surface area contributed by atoms with Gasteiger partial charge in [-0.25, -0.2) is 4.90 Å². The zero-order valence-electron chi connectivity index (χ0n) is 9.52. The molecule has 0 spiro atoms. The van der Waals surface area contributed by atoms with Gasteiger partial charge in [0.2, 0.25) is 6.20 Å². The zero-order valence-corrected chi connectivity index (χ0v) is 10.4. The van der Waals surface area contributed by atoms with E-state index in [2.05, 4.69) is 37.3 Å². The van der Waals surface area contributed by atoms with Crippen LogP contribution in [-0.2, 0) is 0 Å². The van der Waals surface area contributed by atoms with E-state index < -0.39 is 7.81 Å². The molecule has 1 heterocycles. The van der Waals surface area contributed by atoms with Crippen LogP contribution in [0.15, 0.2) is 12.4 Å². The van der Waals surface area contributed by atoms with Crippen LogP contribution in [0.5, 0.6) is 0 Å². The molecule has 0 amide bonds. The van der Waals surface area contributed by atoms with Gasteiger partial charge >= 0.3 is 39.3 Å². The summed E-state index contributed by atoms with van der Waals surface area (Å²) in [7, 11) is -8.59. The molecule has 0 fully saturated rings. The van der Waals surface area contributed by atoms with Gasteiger partial charge in [0, 0.05) is 0 Å². The molecule has 0 aromatic carbocycles. The SMILES string of the molecule is CCCC[NH+]1C=C[N+](C)=C1.F[P-](F)(F)(F)(F)F. The Morgan fingerprint density at radius 2 is 1.59 bits per heavy atom. The predicted molar refractivity (Wildman–Crippen MR) is 55.7 cm³/mol. The Kier molecular flexibility index (Phi) is 4.40. The van der Waals surface area contributed by atoms with Crippen molar-refractivity contribution in [3.05, 3.63) is 12.4 Å². The zero-order chi connectivity index (χ0) is 13.8. The molecule has 2 nitrogen and oxygen atoms in total. The van der Waals surface area contributed by atoms with Crippen LogP contribution in [0.1, 0.15) is 19.8 Å². The summed E-state index contributed by atoms with van der Waals surface area (Å²) in [5.74, 6) is 0. The molecule has 17 heavy (non-hydrogen) atoms. The van der Waals surface area contributed by atoms with Gasteiger partial charge in [-0.05, 0) is 6.42 Å². The van der Waals surface area contributed by atoms with Crippen molar-refractivity contribution < 1.29 is 34.7 Å². The van der Waals surface area contributed by atoms with E-state index >= 15 is 0 Å². The number of nitrogens with zero attached hydrogens (tertiary/aromatic N) is 1. The van der Waals surface area contributed by atoms with E-state index in [0.29, 0.717) is 0 Å². The molecule has 0 bridgehead atoms. The first-order valence-corrected chi connectivity index (χ1v) is 6.98. The predicted octanol–water partition coefficient (Wildman–Crippen LogP) is 3.21. The van der Waals surface area contributed by atoms with Crippen molar-refractivity contribution in [3.63, 3.8) is 0 Å². The van der Waals surface area contributed by atoms with Crippen molar-refractivity contribution in [2.24, 2.45) is 0 Å². The Bertz CT molecular complexity index is 305. The normalized spacial score (nSPS) is 23.3. The second kappa shape index (κ2) is 4.57. The number of halogens is 6. The van der Waals surface area contributed by atoms with Gasteiger partial charge in [-0.2, -0.15) is 4.58 Å². The molecule has 0 radical (unpaired) electrons. The second-order valence-corrected chi connectivity index (χ2v) is 5.66. The monoisotopic (exact) mass is 285 g/mol. The van der Waals surface area contributed by atoms with E-state index in [9.17, 15) is 25.2 Å². The fourth-order valence-corrected chi connectivity index (χ4v) is 1.09. The summed E-state index contributed by atoms with van der Waals surface area (Å²) in [6, 6.07) is 0. The third-order valence-electron chi connectivity index (χ3n) is 1.71. The molecule has 1 N–H and O–H groups in total. The summed E-state index contributed by atoms with van der Waals surface area (Å²) in [4.78, 5) is 1.46. The molecule has 1 rings (SSSR count). The molecular formula is C8H16F6N2P+. The number of rotatable bonds is 3. The molecule has 0 saturated carbocycles. The van der Waals surface area contributed by atoms with Gasteiger partial charge in [0.1, 0.15) is 7.05 Å². The summed E-state index contributed by atoms with van der Waals surface area (Å²) in [6.07, 6.45) is 9.08.